The van der Waals surface area contributed by atoms with Crippen LogP contribution in [-0.4, -0.2) is 4.98 Å². The molecule has 1 atom stereocenters. The molecule has 1 aromatic rings. The predicted octanol–water partition coefficient (Wildman–Crippen LogP) is 2.99. The smallest absolute Gasteiger partial charge is 0.0592 e. The lowest BCUT2D eigenvalue weighted by molar-refractivity contribution is 0.631. The minimum atomic E-state index is 0. The highest BCUT2D eigenvalue weighted by molar-refractivity contribution is 6.30. The highest BCUT2D eigenvalue weighted by Gasteiger charge is 2.29. The topological polar surface area (TPSA) is 38.9 Å². The number of nitrogens with two attached hydrogens (primary N) is 1. The molecule has 1 fully saturated rings. The number of hydrogen-bond acceptors (Lipinski definition) is 2. The zero-order valence-electron chi connectivity index (χ0n) is 7.52. The predicted molar refractivity (Wildman–Crippen MR) is 63.4 cm³/mol. The number of nitrogens with zero attached hydrogens (tertiary/aromatic N) is 1. The quantitative estimate of drug-likeness (QED) is 0.882. The molecule has 2 nitrogen and oxygen atoms in total. The maximum atomic E-state index is 5.97. The SMILES string of the molecule is Cl.Cl.N[C@@H](c1cncc(Cl)c1)C1CC1. The van der Waals surface area contributed by atoms with Crippen LogP contribution in [-0.2, 0) is 0 Å². The maximum absolute atomic E-state index is 5.97. The van der Waals surface area contributed by atoms with Crippen molar-refractivity contribution in [3.8, 4) is 0 Å². The van der Waals surface area contributed by atoms with Crippen LogP contribution in [0.15, 0.2) is 18.5 Å². The molecule has 0 aliphatic heterocycles. The van der Waals surface area contributed by atoms with E-state index in [1.165, 1.54) is 12.8 Å². The zero-order valence-corrected chi connectivity index (χ0v) is 9.91. The summed E-state index contributed by atoms with van der Waals surface area (Å²) in [5.41, 5.74) is 7.03. The van der Waals surface area contributed by atoms with Gasteiger partial charge in [0, 0.05) is 18.4 Å². The zero-order chi connectivity index (χ0) is 8.55. The van der Waals surface area contributed by atoms with Gasteiger partial charge in [-0.3, -0.25) is 4.98 Å². The average Bonchev–Trinajstić information content (AvgIpc) is 2.85. The van der Waals surface area contributed by atoms with Gasteiger partial charge >= 0.3 is 0 Å². The van der Waals surface area contributed by atoms with Gasteiger partial charge in [0.1, 0.15) is 0 Å². The Bertz CT molecular complexity index is 289. The second-order valence-electron chi connectivity index (χ2n) is 3.30. The first-order valence-electron chi connectivity index (χ1n) is 4.13. The van der Waals surface area contributed by atoms with Gasteiger partial charge in [0.05, 0.1) is 5.02 Å². The summed E-state index contributed by atoms with van der Waals surface area (Å²) in [6.07, 6.45) is 5.92. The van der Waals surface area contributed by atoms with Crippen molar-refractivity contribution in [3.05, 3.63) is 29.0 Å². The lowest BCUT2D eigenvalue weighted by Crippen LogP contribution is -2.12. The molecule has 1 saturated carbocycles. The van der Waals surface area contributed by atoms with Crippen molar-refractivity contribution < 1.29 is 0 Å². The molecule has 14 heavy (non-hydrogen) atoms. The van der Waals surface area contributed by atoms with E-state index in [-0.39, 0.29) is 30.9 Å². The Morgan fingerprint density at radius 1 is 1.36 bits per heavy atom. The molecule has 0 aromatic carbocycles. The lowest BCUT2D eigenvalue weighted by atomic mass is 10.1. The van der Waals surface area contributed by atoms with Gasteiger partial charge in [-0.05, 0) is 30.4 Å². The Labute approximate surface area is 101 Å². The van der Waals surface area contributed by atoms with Gasteiger partial charge < -0.3 is 5.73 Å². The minimum absolute atomic E-state index is 0. The largest absolute Gasteiger partial charge is 0.324 e. The Balaban J connectivity index is 0.000000845. The summed E-state index contributed by atoms with van der Waals surface area (Å²) >= 11 is 5.80. The summed E-state index contributed by atoms with van der Waals surface area (Å²) in [7, 11) is 0. The fourth-order valence-corrected chi connectivity index (χ4v) is 1.52. The van der Waals surface area contributed by atoms with Gasteiger partial charge in [0.15, 0.2) is 0 Å². The van der Waals surface area contributed by atoms with Crippen LogP contribution in [0.2, 0.25) is 5.02 Å². The van der Waals surface area contributed by atoms with Crippen molar-refractivity contribution in [1.82, 2.24) is 4.98 Å². The van der Waals surface area contributed by atoms with E-state index in [1.807, 2.05) is 6.07 Å². The van der Waals surface area contributed by atoms with Gasteiger partial charge in [-0.25, -0.2) is 0 Å². The van der Waals surface area contributed by atoms with Crippen LogP contribution < -0.4 is 5.73 Å². The van der Waals surface area contributed by atoms with Crippen LogP contribution in [0.1, 0.15) is 24.4 Å². The number of halogens is 3. The van der Waals surface area contributed by atoms with E-state index in [4.69, 9.17) is 17.3 Å². The molecule has 5 heteroatoms. The number of rotatable bonds is 2. The van der Waals surface area contributed by atoms with Crippen molar-refractivity contribution in [2.45, 2.75) is 18.9 Å². The summed E-state index contributed by atoms with van der Waals surface area (Å²) < 4.78 is 0. The van der Waals surface area contributed by atoms with Crippen molar-refractivity contribution in [2.75, 3.05) is 0 Å². The van der Waals surface area contributed by atoms with Gasteiger partial charge in [-0.15, -0.1) is 24.8 Å². The molecule has 1 aromatic heterocycles. The van der Waals surface area contributed by atoms with E-state index < -0.39 is 0 Å². The van der Waals surface area contributed by atoms with Crippen LogP contribution in [0.5, 0.6) is 0 Å². The second kappa shape index (κ2) is 5.76. The molecular formula is C9H13Cl3N2. The van der Waals surface area contributed by atoms with Gasteiger partial charge in [-0.1, -0.05) is 11.6 Å². The fourth-order valence-electron chi connectivity index (χ4n) is 1.34. The molecule has 0 unspecified atom stereocenters. The third-order valence-corrected chi connectivity index (χ3v) is 2.45. The van der Waals surface area contributed by atoms with Crippen LogP contribution >= 0.6 is 36.4 Å². The first-order valence-corrected chi connectivity index (χ1v) is 4.51. The van der Waals surface area contributed by atoms with Crippen LogP contribution in [0.4, 0.5) is 0 Å². The van der Waals surface area contributed by atoms with Crippen molar-refractivity contribution in [1.29, 1.82) is 0 Å². The van der Waals surface area contributed by atoms with E-state index in [0.717, 1.165) is 5.56 Å². The maximum Gasteiger partial charge on any atom is 0.0592 e. The summed E-state index contributed by atoms with van der Waals surface area (Å²) in [5.74, 6) is 0.658. The van der Waals surface area contributed by atoms with Crippen molar-refractivity contribution in [3.63, 3.8) is 0 Å². The van der Waals surface area contributed by atoms with Gasteiger partial charge in [0.25, 0.3) is 0 Å². The standard InChI is InChI=1S/C9H11ClN2.2ClH/c10-8-3-7(4-12-5-8)9(11)6-1-2-6;;/h3-6,9H,1-2,11H2;2*1H/t9-;;/m1../s1. The average molecular weight is 256 g/mol. The summed E-state index contributed by atoms with van der Waals surface area (Å²) in [6, 6.07) is 2.04. The third kappa shape index (κ3) is 3.28. The van der Waals surface area contributed by atoms with Crippen LogP contribution in [0.3, 0.4) is 0 Å². The Morgan fingerprint density at radius 3 is 2.50 bits per heavy atom. The molecule has 1 aliphatic carbocycles. The van der Waals surface area contributed by atoms with Gasteiger partial charge in [0.2, 0.25) is 0 Å². The van der Waals surface area contributed by atoms with Crippen molar-refractivity contribution >= 4 is 36.4 Å². The number of aromatic nitrogens is 1. The molecule has 0 amide bonds. The number of pyridine rings is 1. The molecule has 0 bridgehead atoms. The van der Waals surface area contributed by atoms with E-state index in [9.17, 15) is 0 Å². The molecule has 80 valence electrons. The highest BCUT2D eigenvalue weighted by Crippen LogP contribution is 2.39. The molecule has 2 N–H and O–H groups in total. The summed E-state index contributed by atoms with van der Waals surface area (Å²) in [5, 5.41) is 0.670. The minimum Gasteiger partial charge on any atom is -0.324 e. The molecular weight excluding hydrogens is 242 g/mol. The monoisotopic (exact) mass is 254 g/mol. The Hall–Kier alpha value is -0.0200. The molecule has 1 heterocycles. The first-order chi connectivity index (χ1) is 5.77. The number of hydrogen-bond donors (Lipinski definition) is 1. The second-order valence-corrected chi connectivity index (χ2v) is 3.74. The summed E-state index contributed by atoms with van der Waals surface area (Å²) in [4.78, 5) is 4.00. The van der Waals surface area contributed by atoms with E-state index in [0.29, 0.717) is 10.9 Å². The van der Waals surface area contributed by atoms with Crippen molar-refractivity contribution in [2.24, 2.45) is 11.7 Å². The lowest BCUT2D eigenvalue weighted by Gasteiger charge is -2.09. The van der Waals surface area contributed by atoms with Crippen LogP contribution in [0.25, 0.3) is 0 Å². The van der Waals surface area contributed by atoms with E-state index in [2.05, 4.69) is 4.98 Å². The Kier molecular flexibility index (Phi) is 5.75. The molecule has 0 radical (unpaired) electrons. The van der Waals surface area contributed by atoms with Gasteiger partial charge in [-0.2, -0.15) is 0 Å². The Morgan fingerprint density at radius 2 is 2.00 bits per heavy atom. The molecule has 1 aliphatic rings. The first kappa shape index (κ1) is 14.0. The molecule has 0 spiro atoms. The molecule has 2 rings (SSSR count). The van der Waals surface area contributed by atoms with Crippen LogP contribution in [0, 0.1) is 5.92 Å². The van der Waals surface area contributed by atoms with E-state index in [1.54, 1.807) is 12.4 Å². The van der Waals surface area contributed by atoms with E-state index >= 15 is 0 Å². The molecule has 0 saturated heterocycles. The highest BCUT2D eigenvalue weighted by atomic mass is 35.5. The third-order valence-electron chi connectivity index (χ3n) is 2.24. The fraction of sp³-hybridized carbons (Fsp3) is 0.444. The normalized spacial score (nSPS) is 16.4. The summed E-state index contributed by atoms with van der Waals surface area (Å²) in [6.45, 7) is 0.